The van der Waals surface area contributed by atoms with E-state index in [9.17, 15) is 4.39 Å². The quantitative estimate of drug-likeness (QED) is 0.302. The molecule has 1 saturated carbocycles. The average molecular weight is 438 g/mol. The maximum Gasteiger partial charge on any atom is 0.132 e. The fourth-order valence-corrected chi connectivity index (χ4v) is 5.89. The lowest BCUT2D eigenvalue weighted by molar-refractivity contribution is 0.140. The zero-order valence-corrected chi connectivity index (χ0v) is 20.7. The second kappa shape index (κ2) is 13.1. The minimum atomic E-state index is -0.133. The van der Waals surface area contributed by atoms with Crippen LogP contribution in [0.15, 0.2) is 36.5 Å². The number of benzene rings is 1. The van der Waals surface area contributed by atoms with Crippen LogP contribution in [-0.2, 0) is 12.8 Å². The van der Waals surface area contributed by atoms with Gasteiger partial charge in [-0.15, -0.1) is 0 Å². The molecule has 2 heteroatoms. The van der Waals surface area contributed by atoms with Crippen LogP contribution < -0.4 is 0 Å². The van der Waals surface area contributed by atoms with Crippen molar-refractivity contribution in [3.05, 3.63) is 53.5 Å². The highest BCUT2D eigenvalue weighted by molar-refractivity contribution is 5.60. The van der Waals surface area contributed by atoms with Crippen LogP contribution in [0.3, 0.4) is 0 Å². The van der Waals surface area contributed by atoms with E-state index in [0.717, 1.165) is 41.9 Å². The SMILES string of the molecule is CCCCCc1ccc(-c2ccc(CC[C@@H]3CCCC[C@H]3C(CC)CCC)cc2F)nc1. The minimum Gasteiger partial charge on any atom is -0.256 e. The second-order valence-corrected chi connectivity index (χ2v) is 10.0. The van der Waals surface area contributed by atoms with Crippen LogP contribution in [0.1, 0.15) is 103 Å². The smallest absolute Gasteiger partial charge is 0.132 e. The first-order valence-corrected chi connectivity index (χ1v) is 13.4. The second-order valence-electron chi connectivity index (χ2n) is 10.0. The summed E-state index contributed by atoms with van der Waals surface area (Å²) in [6, 6.07) is 9.90. The minimum absolute atomic E-state index is 0.133. The third-order valence-corrected chi connectivity index (χ3v) is 7.76. The molecule has 1 heterocycles. The van der Waals surface area contributed by atoms with Gasteiger partial charge in [-0.25, -0.2) is 4.39 Å². The zero-order valence-electron chi connectivity index (χ0n) is 20.7. The lowest BCUT2D eigenvalue weighted by atomic mass is 9.68. The van der Waals surface area contributed by atoms with Gasteiger partial charge in [-0.05, 0) is 79.2 Å². The molecule has 0 radical (unpaired) electrons. The number of hydrogen-bond acceptors (Lipinski definition) is 1. The summed E-state index contributed by atoms with van der Waals surface area (Å²) in [7, 11) is 0. The van der Waals surface area contributed by atoms with Crippen molar-refractivity contribution < 1.29 is 4.39 Å². The van der Waals surface area contributed by atoms with Gasteiger partial charge in [0.2, 0.25) is 0 Å². The summed E-state index contributed by atoms with van der Waals surface area (Å²) in [6.45, 7) is 6.90. The number of pyridine rings is 1. The molecule has 0 spiro atoms. The molecule has 0 bridgehead atoms. The fourth-order valence-electron chi connectivity index (χ4n) is 5.89. The number of halogens is 1. The van der Waals surface area contributed by atoms with Crippen molar-refractivity contribution in [2.24, 2.45) is 17.8 Å². The van der Waals surface area contributed by atoms with Crippen molar-refractivity contribution in [2.45, 2.75) is 104 Å². The predicted molar refractivity (Wildman–Crippen MR) is 135 cm³/mol. The molecule has 32 heavy (non-hydrogen) atoms. The number of nitrogens with zero attached hydrogens (tertiary/aromatic N) is 1. The standard InChI is InChI=1S/C30H44FN/c1-4-7-8-12-24-17-20-30(32-22-24)28-19-16-23(21-29(28)31)15-18-26-13-9-10-14-27(26)25(6-3)11-5-2/h16-17,19-22,25-27H,4-15,18H2,1-3H3/t25?,26-,27-/m0/s1. The molecule has 1 nitrogen and oxygen atoms in total. The number of rotatable bonds is 12. The van der Waals surface area contributed by atoms with E-state index in [1.54, 1.807) is 6.07 Å². The molecule has 0 aliphatic heterocycles. The van der Waals surface area contributed by atoms with Gasteiger partial charge < -0.3 is 0 Å². The van der Waals surface area contributed by atoms with E-state index in [0.29, 0.717) is 5.56 Å². The van der Waals surface area contributed by atoms with Crippen molar-refractivity contribution in [1.29, 1.82) is 0 Å². The topological polar surface area (TPSA) is 12.9 Å². The monoisotopic (exact) mass is 437 g/mol. The number of aromatic nitrogens is 1. The van der Waals surface area contributed by atoms with Gasteiger partial charge in [0.05, 0.1) is 5.69 Å². The van der Waals surface area contributed by atoms with Gasteiger partial charge in [-0.1, -0.05) is 84.3 Å². The van der Waals surface area contributed by atoms with E-state index in [2.05, 4.69) is 37.9 Å². The predicted octanol–water partition coefficient (Wildman–Crippen LogP) is 9.19. The molecule has 1 aliphatic carbocycles. The molecule has 0 N–H and O–H groups in total. The van der Waals surface area contributed by atoms with Gasteiger partial charge in [-0.2, -0.15) is 0 Å². The molecule has 2 aromatic rings. The van der Waals surface area contributed by atoms with Crippen molar-refractivity contribution in [2.75, 3.05) is 0 Å². The van der Waals surface area contributed by atoms with Gasteiger partial charge in [-0.3, -0.25) is 4.98 Å². The van der Waals surface area contributed by atoms with Crippen molar-refractivity contribution >= 4 is 0 Å². The Morgan fingerprint density at radius 1 is 0.938 bits per heavy atom. The zero-order chi connectivity index (χ0) is 22.8. The maximum atomic E-state index is 15.0. The Bertz CT molecular complexity index is 797. The Balaban J connectivity index is 1.61. The van der Waals surface area contributed by atoms with Crippen LogP contribution >= 0.6 is 0 Å². The summed E-state index contributed by atoms with van der Waals surface area (Å²) in [5.41, 5.74) is 3.74. The van der Waals surface area contributed by atoms with E-state index in [4.69, 9.17) is 0 Å². The number of aryl methyl sites for hydroxylation is 2. The van der Waals surface area contributed by atoms with Crippen molar-refractivity contribution in [3.63, 3.8) is 0 Å². The molecular weight excluding hydrogens is 393 g/mol. The van der Waals surface area contributed by atoms with E-state index in [1.165, 1.54) is 76.2 Å². The van der Waals surface area contributed by atoms with Crippen molar-refractivity contribution in [3.8, 4) is 11.3 Å². The van der Waals surface area contributed by atoms with Crippen LogP contribution in [0.5, 0.6) is 0 Å². The molecular formula is C30H44FN. The summed E-state index contributed by atoms with van der Waals surface area (Å²) in [6.07, 6.45) is 18.3. The highest BCUT2D eigenvalue weighted by atomic mass is 19.1. The fraction of sp³-hybridized carbons (Fsp3) is 0.633. The Morgan fingerprint density at radius 2 is 1.75 bits per heavy atom. The summed E-state index contributed by atoms with van der Waals surface area (Å²) in [5.74, 6) is 2.43. The highest BCUT2D eigenvalue weighted by Crippen LogP contribution is 2.40. The third kappa shape index (κ3) is 6.90. The Morgan fingerprint density at radius 3 is 2.44 bits per heavy atom. The highest BCUT2D eigenvalue weighted by Gasteiger charge is 2.30. The van der Waals surface area contributed by atoms with Crippen LogP contribution in [-0.4, -0.2) is 4.98 Å². The van der Waals surface area contributed by atoms with Crippen LogP contribution in [0.4, 0.5) is 4.39 Å². The van der Waals surface area contributed by atoms with E-state index >= 15 is 0 Å². The Labute approximate surface area is 196 Å². The van der Waals surface area contributed by atoms with E-state index in [-0.39, 0.29) is 5.82 Å². The first-order chi connectivity index (χ1) is 15.7. The number of unbranched alkanes of at least 4 members (excludes halogenated alkanes) is 2. The molecule has 0 amide bonds. The Kier molecular flexibility index (Phi) is 10.2. The van der Waals surface area contributed by atoms with Crippen LogP contribution in [0.25, 0.3) is 11.3 Å². The summed E-state index contributed by atoms with van der Waals surface area (Å²) < 4.78 is 15.0. The van der Waals surface area contributed by atoms with Gasteiger partial charge >= 0.3 is 0 Å². The molecule has 1 aliphatic rings. The van der Waals surface area contributed by atoms with Gasteiger partial charge in [0, 0.05) is 11.8 Å². The van der Waals surface area contributed by atoms with Crippen LogP contribution in [0, 0.1) is 23.6 Å². The molecule has 3 atom stereocenters. The van der Waals surface area contributed by atoms with E-state index in [1.807, 2.05) is 18.3 Å². The molecule has 0 saturated heterocycles. The lowest BCUT2D eigenvalue weighted by Gasteiger charge is -2.37. The lowest BCUT2D eigenvalue weighted by Crippen LogP contribution is -2.27. The molecule has 176 valence electrons. The average Bonchev–Trinajstić information content (AvgIpc) is 2.82. The number of hydrogen-bond donors (Lipinski definition) is 0. The van der Waals surface area contributed by atoms with Crippen molar-refractivity contribution in [1.82, 2.24) is 4.98 Å². The van der Waals surface area contributed by atoms with Gasteiger partial charge in [0.15, 0.2) is 0 Å². The largest absolute Gasteiger partial charge is 0.256 e. The molecule has 1 fully saturated rings. The van der Waals surface area contributed by atoms with Gasteiger partial charge in [0.25, 0.3) is 0 Å². The molecule has 3 rings (SSSR count). The van der Waals surface area contributed by atoms with Crippen LogP contribution in [0.2, 0.25) is 0 Å². The maximum absolute atomic E-state index is 15.0. The molecule has 1 unspecified atom stereocenters. The summed E-state index contributed by atoms with van der Waals surface area (Å²) in [4.78, 5) is 4.55. The first-order valence-electron chi connectivity index (χ1n) is 13.4. The van der Waals surface area contributed by atoms with E-state index < -0.39 is 0 Å². The molecule has 1 aromatic carbocycles. The molecule has 1 aromatic heterocycles. The first kappa shape index (κ1) is 24.9. The summed E-state index contributed by atoms with van der Waals surface area (Å²) in [5, 5.41) is 0. The Hall–Kier alpha value is -1.70. The third-order valence-electron chi connectivity index (χ3n) is 7.76. The summed E-state index contributed by atoms with van der Waals surface area (Å²) >= 11 is 0. The normalized spacial score (nSPS) is 19.8. The van der Waals surface area contributed by atoms with Gasteiger partial charge in [0.1, 0.15) is 5.82 Å².